The number of rotatable bonds is 5. The minimum Gasteiger partial charge on any atom is -0.478 e. The molecule has 4 rings (SSSR count). The summed E-state index contributed by atoms with van der Waals surface area (Å²) in [5.74, 6) is -0.345. The summed E-state index contributed by atoms with van der Waals surface area (Å²) in [6.07, 6.45) is 2.61. The maximum Gasteiger partial charge on any atom is 0.323 e. The summed E-state index contributed by atoms with van der Waals surface area (Å²) < 4.78 is 24.4. The van der Waals surface area contributed by atoms with Crippen molar-refractivity contribution < 1.29 is 28.3 Å². The highest BCUT2D eigenvalue weighted by Gasteiger charge is 2.29. The van der Waals surface area contributed by atoms with Crippen molar-refractivity contribution in [3.05, 3.63) is 53.8 Å². The molecule has 0 aliphatic carbocycles. The maximum absolute atomic E-state index is 13.0. The van der Waals surface area contributed by atoms with E-state index in [1.807, 2.05) is 6.07 Å². The maximum atomic E-state index is 13.0. The third kappa shape index (κ3) is 5.50. The fourth-order valence-corrected chi connectivity index (χ4v) is 3.50. The van der Waals surface area contributed by atoms with E-state index in [0.717, 1.165) is 24.8 Å². The van der Waals surface area contributed by atoms with Gasteiger partial charge < -0.3 is 20.1 Å². The van der Waals surface area contributed by atoms with Gasteiger partial charge in [-0.3, -0.25) is 4.79 Å². The number of benzene rings is 2. The number of fused-ring (bicyclic) bond motifs is 1. The van der Waals surface area contributed by atoms with Crippen LogP contribution in [0.3, 0.4) is 0 Å². The lowest BCUT2D eigenvalue weighted by Gasteiger charge is -2.28. The van der Waals surface area contributed by atoms with Crippen LogP contribution in [0.5, 0.6) is 5.75 Å². The van der Waals surface area contributed by atoms with Gasteiger partial charge in [0.1, 0.15) is 11.6 Å². The van der Waals surface area contributed by atoms with E-state index >= 15 is 0 Å². The highest BCUT2D eigenvalue weighted by atomic mass is 19.1. The van der Waals surface area contributed by atoms with Gasteiger partial charge in [-0.05, 0) is 61.6 Å². The first-order valence-corrected chi connectivity index (χ1v) is 10.3. The molecular formula is C22H24FN3O5. The van der Waals surface area contributed by atoms with Gasteiger partial charge in [0.2, 0.25) is 0 Å². The average molecular weight is 429 g/mol. The monoisotopic (exact) mass is 429 g/mol. The average Bonchev–Trinajstić information content (AvgIpc) is 2.79. The molecule has 3 amide bonds. The molecule has 0 bridgehead atoms. The molecule has 2 aliphatic heterocycles. The number of aryl methyl sites for hydroxylation is 1. The van der Waals surface area contributed by atoms with Gasteiger partial charge in [-0.25, -0.2) is 19.5 Å². The fourth-order valence-electron chi connectivity index (χ4n) is 3.50. The van der Waals surface area contributed by atoms with E-state index in [4.69, 9.17) is 14.3 Å². The summed E-state index contributed by atoms with van der Waals surface area (Å²) in [6, 6.07) is 10.3. The number of carbonyl (C=O) groups is 2. The van der Waals surface area contributed by atoms with E-state index in [9.17, 15) is 14.0 Å². The molecule has 2 unspecified atom stereocenters. The van der Waals surface area contributed by atoms with Crippen molar-refractivity contribution >= 4 is 23.3 Å². The molecule has 0 aromatic heterocycles. The van der Waals surface area contributed by atoms with Crippen LogP contribution in [-0.4, -0.2) is 30.9 Å². The molecule has 31 heavy (non-hydrogen) atoms. The lowest BCUT2D eigenvalue weighted by molar-refractivity contribution is -0.203. The number of para-hydroxylation sites is 1. The molecule has 0 saturated carbocycles. The Hall–Kier alpha value is -3.17. The van der Waals surface area contributed by atoms with Crippen LogP contribution in [0.25, 0.3) is 0 Å². The first-order chi connectivity index (χ1) is 15.1. The first-order valence-electron chi connectivity index (χ1n) is 10.3. The number of nitrogens with one attached hydrogen (secondary N) is 3. The molecule has 3 N–H and O–H groups in total. The molecule has 0 spiro atoms. The Morgan fingerprint density at radius 1 is 1.03 bits per heavy atom. The highest BCUT2D eigenvalue weighted by molar-refractivity contribution is 6.01. The van der Waals surface area contributed by atoms with Crippen LogP contribution in [0.2, 0.25) is 0 Å². The zero-order chi connectivity index (χ0) is 21.6. The number of halogens is 1. The second kappa shape index (κ2) is 9.76. The summed E-state index contributed by atoms with van der Waals surface area (Å²) >= 11 is 0. The molecule has 0 radical (unpaired) electrons. The van der Waals surface area contributed by atoms with Gasteiger partial charge in [0.05, 0.1) is 5.69 Å². The Morgan fingerprint density at radius 2 is 1.87 bits per heavy atom. The molecule has 2 heterocycles. The van der Waals surface area contributed by atoms with Gasteiger partial charge in [-0.15, -0.1) is 0 Å². The third-order valence-corrected chi connectivity index (χ3v) is 5.10. The summed E-state index contributed by atoms with van der Waals surface area (Å²) in [4.78, 5) is 30.2. The van der Waals surface area contributed by atoms with Crippen LogP contribution in [0, 0.1) is 5.82 Å². The van der Waals surface area contributed by atoms with Gasteiger partial charge in [0.15, 0.2) is 12.4 Å². The van der Waals surface area contributed by atoms with Crippen LogP contribution in [0.1, 0.15) is 31.2 Å². The summed E-state index contributed by atoms with van der Waals surface area (Å²) in [5, 5.41) is 5.35. The van der Waals surface area contributed by atoms with E-state index in [2.05, 4.69) is 16.1 Å². The number of hydrogen-bond acceptors (Lipinski definition) is 5. The zero-order valence-electron chi connectivity index (χ0n) is 16.9. The predicted molar refractivity (Wildman–Crippen MR) is 111 cm³/mol. The molecule has 1 saturated heterocycles. The van der Waals surface area contributed by atoms with Crippen LogP contribution < -0.4 is 20.9 Å². The standard InChI is InChI=1S/C22H24FN3O5/c23-15-8-10-16(11-9-15)24-22(28)25-17-5-3-4-14-7-12-18(30-20(14)17)21(27)26-31-19-6-1-2-13-29-19/h3-5,8-11,18-19H,1-2,6-7,12-13H2,(H,26,27)(H2,24,25,28). The fraction of sp³-hybridized carbons (Fsp3) is 0.364. The Labute approximate surface area is 179 Å². The highest BCUT2D eigenvalue weighted by Crippen LogP contribution is 2.35. The van der Waals surface area contributed by atoms with E-state index in [-0.39, 0.29) is 5.82 Å². The number of amides is 3. The van der Waals surface area contributed by atoms with Crippen LogP contribution >= 0.6 is 0 Å². The van der Waals surface area contributed by atoms with Gasteiger partial charge in [-0.1, -0.05) is 12.1 Å². The topological polar surface area (TPSA) is 97.9 Å². The Balaban J connectivity index is 1.37. The zero-order valence-corrected chi connectivity index (χ0v) is 16.9. The molecule has 2 aliphatic rings. The summed E-state index contributed by atoms with van der Waals surface area (Å²) in [5.41, 5.74) is 4.20. The lowest BCUT2D eigenvalue weighted by Crippen LogP contribution is -2.43. The van der Waals surface area contributed by atoms with Gasteiger partial charge in [-0.2, -0.15) is 0 Å². The molecule has 2 aromatic carbocycles. The van der Waals surface area contributed by atoms with Gasteiger partial charge in [0.25, 0.3) is 5.91 Å². The van der Waals surface area contributed by atoms with E-state index in [1.165, 1.54) is 24.3 Å². The summed E-state index contributed by atoms with van der Waals surface area (Å²) in [6.45, 7) is 0.614. The quantitative estimate of drug-likeness (QED) is 0.629. The Kier molecular flexibility index (Phi) is 6.63. The number of hydroxylamine groups is 1. The number of urea groups is 1. The number of ether oxygens (including phenoxy) is 2. The van der Waals surface area contributed by atoms with E-state index in [0.29, 0.717) is 36.6 Å². The predicted octanol–water partition coefficient (Wildman–Crippen LogP) is 3.74. The molecule has 9 heteroatoms. The van der Waals surface area contributed by atoms with Crippen LogP contribution in [-0.2, 0) is 20.8 Å². The van der Waals surface area contributed by atoms with Crippen molar-refractivity contribution in [2.45, 2.75) is 44.5 Å². The third-order valence-electron chi connectivity index (χ3n) is 5.10. The lowest BCUT2D eigenvalue weighted by atomic mass is 10.0. The van der Waals surface area contributed by atoms with Crippen molar-refractivity contribution in [2.75, 3.05) is 17.2 Å². The smallest absolute Gasteiger partial charge is 0.323 e. The molecule has 2 aromatic rings. The van der Waals surface area contributed by atoms with Crippen molar-refractivity contribution in [1.29, 1.82) is 0 Å². The Morgan fingerprint density at radius 3 is 2.65 bits per heavy atom. The number of carbonyl (C=O) groups excluding carboxylic acids is 2. The summed E-state index contributed by atoms with van der Waals surface area (Å²) in [7, 11) is 0. The van der Waals surface area contributed by atoms with E-state index in [1.54, 1.807) is 12.1 Å². The first kappa shape index (κ1) is 21.1. The molecular weight excluding hydrogens is 405 g/mol. The van der Waals surface area contributed by atoms with Crippen molar-refractivity contribution in [2.24, 2.45) is 0 Å². The molecule has 8 nitrogen and oxygen atoms in total. The van der Waals surface area contributed by atoms with Crippen LogP contribution in [0.4, 0.5) is 20.6 Å². The van der Waals surface area contributed by atoms with Crippen molar-refractivity contribution in [3.8, 4) is 5.75 Å². The SMILES string of the molecule is O=C(Nc1ccc(F)cc1)Nc1cccc2c1OC(C(=O)NOC1CCCCO1)CC2. The number of anilines is 2. The Bertz CT molecular complexity index is 931. The van der Waals surface area contributed by atoms with E-state index < -0.39 is 24.3 Å². The number of hydrogen-bond donors (Lipinski definition) is 3. The van der Waals surface area contributed by atoms with Gasteiger partial charge in [0, 0.05) is 18.7 Å². The minimum atomic E-state index is -0.751. The molecule has 2 atom stereocenters. The molecule has 164 valence electrons. The largest absolute Gasteiger partial charge is 0.478 e. The minimum absolute atomic E-state index is 0.389. The van der Waals surface area contributed by atoms with Crippen LogP contribution in [0.15, 0.2) is 42.5 Å². The second-order valence-corrected chi connectivity index (χ2v) is 7.41. The second-order valence-electron chi connectivity index (χ2n) is 7.41. The normalized spacial score (nSPS) is 20.2. The molecule has 1 fully saturated rings. The van der Waals surface area contributed by atoms with Crippen molar-refractivity contribution in [3.63, 3.8) is 0 Å². The van der Waals surface area contributed by atoms with Crippen molar-refractivity contribution in [1.82, 2.24) is 5.48 Å². The van der Waals surface area contributed by atoms with Gasteiger partial charge >= 0.3 is 6.03 Å².